The number of unbranched alkanes of at least 4 members (excludes halogenated alkanes) is 2. The smallest absolute Gasteiger partial charge is 0.429 e. The number of hydrogen-bond donors (Lipinski definition) is 0. The first-order valence-electron chi connectivity index (χ1n) is 16.2. The molecule has 1 nitrogen and oxygen atoms in total. The van der Waals surface area contributed by atoms with Crippen molar-refractivity contribution in [1.82, 2.24) is 0 Å². The number of thioether (sulfide) groups is 1. The SMILES string of the molecule is CCCCCC1CCC(c2ccc(-c3cc(F)c(C(F)(F)Oc4ccc(-c5cc(F)c(SCC)c(F)c5)c(F)c4)c(F)c3)c(F)c2)CC1. The van der Waals surface area contributed by atoms with E-state index in [2.05, 4.69) is 11.7 Å². The fraction of sp³-hybridized carbons (Fsp3) is 0.368. The van der Waals surface area contributed by atoms with Gasteiger partial charge in [0.2, 0.25) is 0 Å². The molecule has 0 N–H and O–H groups in total. The highest BCUT2D eigenvalue weighted by Gasteiger charge is 2.41. The Labute approximate surface area is 279 Å². The lowest BCUT2D eigenvalue weighted by Crippen LogP contribution is -2.25. The van der Waals surface area contributed by atoms with Crippen molar-refractivity contribution in [3.05, 3.63) is 107 Å². The molecule has 4 aromatic carbocycles. The van der Waals surface area contributed by atoms with Crippen LogP contribution in [0.4, 0.5) is 35.1 Å². The van der Waals surface area contributed by atoms with Crippen molar-refractivity contribution in [2.24, 2.45) is 5.92 Å². The van der Waals surface area contributed by atoms with Gasteiger partial charge >= 0.3 is 6.11 Å². The van der Waals surface area contributed by atoms with Crippen LogP contribution in [-0.2, 0) is 6.11 Å². The lowest BCUT2D eigenvalue weighted by molar-refractivity contribution is -0.189. The van der Waals surface area contributed by atoms with Gasteiger partial charge in [-0.15, -0.1) is 11.8 Å². The average molecular weight is 693 g/mol. The van der Waals surface area contributed by atoms with Crippen LogP contribution in [0.3, 0.4) is 0 Å². The largest absolute Gasteiger partial charge is 0.432 e. The van der Waals surface area contributed by atoms with Gasteiger partial charge in [0.1, 0.15) is 46.2 Å². The molecule has 1 saturated carbocycles. The minimum Gasteiger partial charge on any atom is -0.429 e. The molecule has 0 amide bonds. The maximum Gasteiger partial charge on any atom is 0.432 e. The highest BCUT2D eigenvalue weighted by molar-refractivity contribution is 7.99. The second kappa shape index (κ2) is 15.3. The number of hydrogen-bond acceptors (Lipinski definition) is 2. The second-order valence-electron chi connectivity index (χ2n) is 12.2. The number of ether oxygens (including phenoxy) is 1. The summed E-state index contributed by atoms with van der Waals surface area (Å²) in [7, 11) is 0. The Morgan fingerprint density at radius 1 is 0.667 bits per heavy atom. The Hall–Kier alpha value is -3.53. The van der Waals surface area contributed by atoms with Gasteiger partial charge < -0.3 is 4.74 Å². The van der Waals surface area contributed by atoms with Crippen molar-refractivity contribution in [1.29, 1.82) is 0 Å². The van der Waals surface area contributed by atoms with E-state index >= 15 is 22.0 Å². The molecule has 0 aliphatic heterocycles. The van der Waals surface area contributed by atoms with Crippen LogP contribution in [-0.4, -0.2) is 5.75 Å². The molecule has 0 unspecified atom stereocenters. The molecule has 0 spiro atoms. The summed E-state index contributed by atoms with van der Waals surface area (Å²) < 4.78 is 124. The molecule has 0 radical (unpaired) electrons. The van der Waals surface area contributed by atoms with Gasteiger partial charge in [-0.25, -0.2) is 26.3 Å². The summed E-state index contributed by atoms with van der Waals surface area (Å²) in [6.45, 7) is 3.88. The first-order chi connectivity index (χ1) is 22.9. The van der Waals surface area contributed by atoms with Crippen LogP contribution < -0.4 is 4.74 Å². The van der Waals surface area contributed by atoms with E-state index in [-0.39, 0.29) is 33.1 Å². The zero-order valence-corrected chi connectivity index (χ0v) is 27.4. The molecule has 4 aromatic rings. The van der Waals surface area contributed by atoms with E-state index in [1.54, 1.807) is 13.0 Å². The molecule has 1 aliphatic rings. The molecule has 256 valence electrons. The predicted octanol–water partition coefficient (Wildman–Crippen LogP) is 12.9. The van der Waals surface area contributed by atoms with Crippen LogP contribution in [0.5, 0.6) is 5.75 Å². The molecule has 10 heteroatoms. The van der Waals surface area contributed by atoms with E-state index in [1.165, 1.54) is 37.8 Å². The molecule has 0 bridgehead atoms. The third-order valence-electron chi connectivity index (χ3n) is 8.96. The molecule has 0 saturated heterocycles. The Morgan fingerprint density at radius 2 is 1.23 bits per heavy atom. The van der Waals surface area contributed by atoms with E-state index < -0.39 is 52.3 Å². The van der Waals surface area contributed by atoms with E-state index in [0.29, 0.717) is 29.9 Å². The van der Waals surface area contributed by atoms with Gasteiger partial charge in [0.15, 0.2) is 0 Å². The fourth-order valence-electron chi connectivity index (χ4n) is 6.48. The molecule has 1 aliphatic carbocycles. The summed E-state index contributed by atoms with van der Waals surface area (Å²) in [5.41, 5.74) is -1.85. The molecule has 0 aromatic heterocycles. The highest BCUT2D eigenvalue weighted by atomic mass is 32.2. The molecule has 0 heterocycles. The summed E-state index contributed by atoms with van der Waals surface area (Å²) in [5, 5.41) is 0. The van der Waals surface area contributed by atoms with E-state index in [9.17, 15) is 13.2 Å². The molecular weight excluding hydrogens is 656 g/mol. The summed E-state index contributed by atoms with van der Waals surface area (Å²) in [4.78, 5) is -0.235. The first-order valence-corrected chi connectivity index (χ1v) is 17.2. The molecular formula is C38H36F8OS. The maximum atomic E-state index is 15.3. The van der Waals surface area contributed by atoms with Crippen LogP contribution in [0, 0.1) is 40.8 Å². The van der Waals surface area contributed by atoms with Crippen molar-refractivity contribution in [3.8, 4) is 28.0 Å². The standard InChI is InChI=1S/C38H36F8OS/c1-3-5-6-7-22-8-10-23(11-9-22)24-12-14-28(30(39)16-24)25-17-32(41)36(33(42)18-25)38(45,46)47-27-13-15-29(31(40)21-27)26-19-34(43)37(48-4-2)35(44)20-26/h12-23H,3-11H2,1-2H3. The van der Waals surface area contributed by atoms with Crippen molar-refractivity contribution in [2.45, 2.75) is 82.1 Å². The monoisotopic (exact) mass is 692 g/mol. The van der Waals surface area contributed by atoms with E-state index in [1.807, 2.05) is 0 Å². The number of alkyl halides is 2. The number of benzene rings is 4. The van der Waals surface area contributed by atoms with Gasteiger partial charge in [-0.1, -0.05) is 51.7 Å². The third kappa shape index (κ3) is 8.01. The predicted molar refractivity (Wildman–Crippen MR) is 173 cm³/mol. The Balaban J connectivity index is 1.31. The van der Waals surface area contributed by atoms with Crippen molar-refractivity contribution < 1.29 is 39.9 Å². The third-order valence-corrected chi connectivity index (χ3v) is 9.92. The molecule has 5 rings (SSSR count). The van der Waals surface area contributed by atoms with Gasteiger partial charge in [-0.05, 0) is 102 Å². The quantitative estimate of drug-likeness (QED) is 0.0830. The van der Waals surface area contributed by atoms with E-state index in [4.69, 9.17) is 0 Å². The Kier molecular flexibility index (Phi) is 11.4. The van der Waals surface area contributed by atoms with Crippen LogP contribution in [0.1, 0.15) is 82.3 Å². The zero-order chi connectivity index (χ0) is 34.6. The summed E-state index contributed by atoms with van der Waals surface area (Å²) >= 11 is 0.927. The van der Waals surface area contributed by atoms with Gasteiger partial charge in [-0.3, -0.25) is 0 Å². The molecule has 1 fully saturated rings. The minimum absolute atomic E-state index is 0.146. The van der Waals surface area contributed by atoms with Crippen LogP contribution in [0.25, 0.3) is 22.3 Å². The van der Waals surface area contributed by atoms with Gasteiger partial charge in [0.25, 0.3) is 0 Å². The molecule has 0 atom stereocenters. The zero-order valence-electron chi connectivity index (χ0n) is 26.6. The van der Waals surface area contributed by atoms with Crippen LogP contribution in [0.2, 0.25) is 0 Å². The van der Waals surface area contributed by atoms with Crippen molar-refractivity contribution >= 4 is 11.8 Å². The highest BCUT2D eigenvalue weighted by Crippen LogP contribution is 2.41. The number of rotatable bonds is 12. The summed E-state index contributed by atoms with van der Waals surface area (Å²) in [6.07, 6.45) is 4.19. The Bertz CT molecular complexity index is 1700. The van der Waals surface area contributed by atoms with Gasteiger partial charge in [0.05, 0.1) is 4.90 Å². The van der Waals surface area contributed by atoms with Crippen molar-refractivity contribution in [3.63, 3.8) is 0 Å². The minimum atomic E-state index is -4.60. The number of halogens is 8. The van der Waals surface area contributed by atoms with Gasteiger partial charge in [0, 0.05) is 17.2 Å². The first kappa shape index (κ1) is 35.8. The summed E-state index contributed by atoms with van der Waals surface area (Å²) in [5.74, 6) is -6.63. The normalized spacial score (nSPS) is 16.7. The second-order valence-corrected chi connectivity index (χ2v) is 13.5. The lowest BCUT2D eigenvalue weighted by atomic mass is 9.77. The topological polar surface area (TPSA) is 9.23 Å². The fourth-order valence-corrected chi connectivity index (χ4v) is 7.17. The van der Waals surface area contributed by atoms with Crippen LogP contribution in [0.15, 0.2) is 65.6 Å². The summed E-state index contributed by atoms with van der Waals surface area (Å²) in [6, 6.07) is 9.85. The van der Waals surface area contributed by atoms with Crippen LogP contribution >= 0.6 is 11.8 Å². The van der Waals surface area contributed by atoms with E-state index in [0.717, 1.165) is 67.3 Å². The Morgan fingerprint density at radius 3 is 1.77 bits per heavy atom. The van der Waals surface area contributed by atoms with Gasteiger partial charge in [-0.2, -0.15) is 8.78 Å². The van der Waals surface area contributed by atoms with Crippen molar-refractivity contribution in [2.75, 3.05) is 5.75 Å². The molecule has 48 heavy (non-hydrogen) atoms. The average Bonchev–Trinajstić information content (AvgIpc) is 3.02. The maximum absolute atomic E-state index is 15.3. The lowest BCUT2D eigenvalue weighted by Gasteiger charge is -2.29.